The Bertz CT molecular complexity index is 1410. The summed E-state index contributed by atoms with van der Waals surface area (Å²) >= 11 is 0. The van der Waals surface area contributed by atoms with Gasteiger partial charge in [0.2, 0.25) is 5.95 Å². The van der Waals surface area contributed by atoms with Crippen molar-refractivity contribution < 1.29 is 27.4 Å². The van der Waals surface area contributed by atoms with Gasteiger partial charge < -0.3 is 9.47 Å². The third-order valence-electron chi connectivity index (χ3n) is 4.34. The van der Waals surface area contributed by atoms with Crippen LogP contribution in [0.2, 0.25) is 0 Å². The first-order chi connectivity index (χ1) is 17.3. The van der Waals surface area contributed by atoms with Crippen LogP contribution in [-0.4, -0.2) is 34.2 Å². The Morgan fingerprint density at radius 1 is 1.16 bits per heavy atom. The number of nitrogens with zero attached hydrogens (tertiary/aromatic N) is 3. The van der Waals surface area contributed by atoms with Crippen LogP contribution in [-0.2, 0) is 4.74 Å². The van der Waals surface area contributed by atoms with Gasteiger partial charge in [-0.15, -0.1) is 13.2 Å². The van der Waals surface area contributed by atoms with Crippen LogP contribution in [0.15, 0.2) is 58.4 Å². The molecule has 10 nitrogen and oxygen atoms in total. The van der Waals surface area contributed by atoms with E-state index in [-0.39, 0.29) is 28.5 Å². The lowest BCUT2D eigenvalue weighted by atomic mass is 10.1. The highest BCUT2D eigenvalue weighted by molar-refractivity contribution is 5.95. The maximum atomic E-state index is 12.7. The predicted octanol–water partition coefficient (Wildman–Crippen LogP) is 5.00. The number of aromatic amines is 1. The van der Waals surface area contributed by atoms with Gasteiger partial charge >= 0.3 is 12.5 Å². The molecular weight excluding hydrogens is 493 g/mol. The maximum absolute atomic E-state index is 12.7. The van der Waals surface area contributed by atoms with Crippen LogP contribution < -0.4 is 21.0 Å². The van der Waals surface area contributed by atoms with E-state index < -0.39 is 29.4 Å². The fourth-order valence-electron chi connectivity index (χ4n) is 2.97. The van der Waals surface area contributed by atoms with Crippen molar-refractivity contribution >= 4 is 23.9 Å². The summed E-state index contributed by atoms with van der Waals surface area (Å²) in [7, 11) is 0. The number of rotatable bonds is 6. The molecule has 0 aliphatic rings. The Balaban J connectivity index is 1.92. The summed E-state index contributed by atoms with van der Waals surface area (Å²) in [6, 6.07) is 13.5. The van der Waals surface area contributed by atoms with Gasteiger partial charge in [0, 0.05) is 11.1 Å². The minimum atomic E-state index is -4.94. The zero-order valence-corrected chi connectivity index (χ0v) is 19.8. The first-order valence-corrected chi connectivity index (χ1v) is 10.6. The van der Waals surface area contributed by atoms with Crippen LogP contribution in [0.1, 0.15) is 31.9 Å². The minimum Gasteiger partial charge on any atom is -0.444 e. The van der Waals surface area contributed by atoms with E-state index in [2.05, 4.69) is 30.5 Å². The fourth-order valence-corrected chi connectivity index (χ4v) is 2.97. The van der Waals surface area contributed by atoms with Crippen molar-refractivity contribution in [3.05, 3.63) is 70.0 Å². The number of nitrogens with one attached hydrogen (secondary N) is 3. The van der Waals surface area contributed by atoms with Crippen molar-refractivity contribution in [2.24, 2.45) is 5.10 Å². The van der Waals surface area contributed by atoms with E-state index in [4.69, 9.17) is 4.74 Å². The molecule has 192 valence electrons. The molecule has 1 heterocycles. The Hall–Kier alpha value is -4.86. The number of amides is 1. The number of H-pyrrole nitrogens is 1. The van der Waals surface area contributed by atoms with Crippen molar-refractivity contribution in [1.29, 1.82) is 5.26 Å². The van der Waals surface area contributed by atoms with Gasteiger partial charge in [-0.3, -0.25) is 15.1 Å². The number of carbonyl (C=O) groups excluding carboxylic acids is 1. The number of hydrazone groups is 1. The van der Waals surface area contributed by atoms with Crippen molar-refractivity contribution in [3.63, 3.8) is 0 Å². The second-order valence-electron chi connectivity index (χ2n) is 8.41. The average Bonchev–Trinajstić information content (AvgIpc) is 2.78. The van der Waals surface area contributed by atoms with E-state index in [0.717, 1.165) is 18.3 Å². The molecule has 0 aliphatic carbocycles. The summed E-state index contributed by atoms with van der Waals surface area (Å²) in [6.45, 7) is 4.94. The van der Waals surface area contributed by atoms with Gasteiger partial charge in [-0.05, 0) is 39.0 Å². The largest absolute Gasteiger partial charge is 0.573 e. The molecule has 0 aliphatic heterocycles. The number of nitriles is 1. The number of anilines is 2. The van der Waals surface area contributed by atoms with Crippen LogP contribution in [0.25, 0.3) is 11.3 Å². The molecular formula is C24H21F3N6O4. The summed E-state index contributed by atoms with van der Waals surface area (Å²) in [6.07, 6.45) is -4.70. The minimum absolute atomic E-state index is 0.0133. The number of halogens is 3. The van der Waals surface area contributed by atoms with Gasteiger partial charge in [-0.1, -0.05) is 30.3 Å². The number of hydrogen-bond acceptors (Lipinski definition) is 8. The zero-order chi connectivity index (χ0) is 27.2. The molecule has 0 unspecified atom stereocenters. The molecule has 0 atom stereocenters. The molecule has 0 radical (unpaired) electrons. The van der Waals surface area contributed by atoms with E-state index >= 15 is 0 Å². The summed E-state index contributed by atoms with van der Waals surface area (Å²) in [5, 5.41) is 15.7. The number of alkyl halides is 3. The third-order valence-corrected chi connectivity index (χ3v) is 4.34. The van der Waals surface area contributed by atoms with E-state index in [0.29, 0.717) is 5.56 Å². The Kier molecular flexibility index (Phi) is 7.82. The van der Waals surface area contributed by atoms with E-state index in [1.54, 1.807) is 51.1 Å². The Morgan fingerprint density at radius 3 is 2.49 bits per heavy atom. The SMILES string of the molecule is CC(C)(C)OC(=O)Nc1ccc(OC(F)(F)F)cc1C=NNc1nc(-c2ccccc2)c(C#N)c(=O)[nH]1. The van der Waals surface area contributed by atoms with Crippen LogP contribution >= 0.6 is 0 Å². The van der Waals surface area contributed by atoms with Crippen molar-refractivity contribution in [2.45, 2.75) is 32.7 Å². The first-order valence-electron chi connectivity index (χ1n) is 10.6. The van der Waals surface area contributed by atoms with Gasteiger partial charge in [-0.25, -0.2) is 15.2 Å². The fraction of sp³-hybridized carbons (Fsp3) is 0.208. The molecule has 1 amide bonds. The van der Waals surface area contributed by atoms with Crippen LogP contribution in [0.5, 0.6) is 5.75 Å². The zero-order valence-electron chi connectivity index (χ0n) is 19.8. The molecule has 37 heavy (non-hydrogen) atoms. The quantitative estimate of drug-likeness (QED) is 0.310. The van der Waals surface area contributed by atoms with Crippen molar-refractivity contribution in [2.75, 3.05) is 10.7 Å². The van der Waals surface area contributed by atoms with Crippen LogP contribution in [0.4, 0.5) is 29.6 Å². The molecule has 3 N–H and O–H groups in total. The number of benzene rings is 2. The second kappa shape index (κ2) is 10.8. The van der Waals surface area contributed by atoms with E-state index in [1.165, 1.54) is 6.07 Å². The van der Waals surface area contributed by atoms with E-state index in [1.807, 2.05) is 6.07 Å². The smallest absolute Gasteiger partial charge is 0.444 e. The molecule has 1 aromatic heterocycles. The lowest BCUT2D eigenvalue weighted by Gasteiger charge is -2.20. The molecule has 0 fully saturated rings. The van der Waals surface area contributed by atoms with Gasteiger partial charge in [0.1, 0.15) is 23.0 Å². The topological polar surface area (TPSA) is 141 Å². The number of aromatic nitrogens is 2. The third kappa shape index (κ3) is 7.82. The summed E-state index contributed by atoms with van der Waals surface area (Å²) in [5.41, 5.74) is 1.43. The van der Waals surface area contributed by atoms with Gasteiger partial charge in [0.25, 0.3) is 5.56 Å². The second-order valence-corrected chi connectivity index (χ2v) is 8.41. The lowest BCUT2D eigenvalue weighted by Crippen LogP contribution is -2.27. The molecule has 0 spiro atoms. The maximum Gasteiger partial charge on any atom is 0.573 e. The molecule has 0 saturated heterocycles. The Labute approximate surface area is 208 Å². The van der Waals surface area contributed by atoms with Crippen molar-refractivity contribution in [3.8, 4) is 23.1 Å². The van der Waals surface area contributed by atoms with Crippen molar-refractivity contribution in [1.82, 2.24) is 9.97 Å². The lowest BCUT2D eigenvalue weighted by molar-refractivity contribution is -0.274. The molecule has 3 aromatic rings. The van der Waals surface area contributed by atoms with Crippen LogP contribution in [0.3, 0.4) is 0 Å². The molecule has 0 bridgehead atoms. The highest BCUT2D eigenvalue weighted by atomic mass is 19.4. The van der Waals surface area contributed by atoms with Gasteiger partial charge in [0.05, 0.1) is 17.6 Å². The highest BCUT2D eigenvalue weighted by Crippen LogP contribution is 2.27. The number of hydrogen-bond donors (Lipinski definition) is 3. The predicted molar refractivity (Wildman–Crippen MR) is 129 cm³/mol. The normalized spacial score (nSPS) is 11.6. The number of ether oxygens (including phenoxy) is 2. The highest BCUT2D eigenvalue weighted by Gasteiger charge is 2.31. The van der Waals surface area contributed by atoms with Gasteiger partial charge in [0.15, 0.2) is 0 Å². The van der Waals surface area contributed by atoms with Gasteiger partial charge in [-0.2, -0.15) is 10.4 Å². The van der Waals surface area contributed by atoms with E-state index in [9.17, 15) is 28.0 Å². The number of carbonyl (C=O) groups is 1. The summed E-state index contributed by atoms with van der Waals surface area (Å²) in [4.78, 5) is 31.1. The molecule has 3 rings (SSSR count). The Morgan fingerprint density at radius 2 is 1.86 bits per heavy atom. The van der Waals surface area contributed by atoms with Crippen LogP contribution in [0, 0.1) is 11.3 Å². The monoisotopic (exact) mass is 514 g/mol. The summed E-state index contributed by atoms with van der Waals surface area (Å²) < 4.78 is 47.2. The molecule has 13 heteroatoms. The molecule has 0 saturated carbocycles. The first kappa shape index (κ1) is 26.7. The summed E-state index contributed by atoms with van der Waals surface area (Å²) in [5.74, 6) is -0.691. The molecule has 2 aromatic carbocycles. The standard InChI is InChI=1S/C24H21F3N6O4/c1-23(2,3)37-22(35)30-18-10-9-16(36-24(25,26)27)11-15(18)13-29-33-21-31-19(14-7-5-4-6-8-14)17(12-28)20(34)32-21/h4-11,13H,1-3H3,(H,30,35)(H2,31,32,33,34). The average molecular weight is 514 g/mol.